The van der Waals surface area contributed by atoms with Crippen LogP contribution in [-0.2, 0) is 6.42 Å². The number of carbonyl (C=O) groups excluding carboxylic acids is 1. The zero-order valence-corrected chi connectivity index (χ0v) is 17.2. The van der Waals surface area contributed by atoms with Gasteiger partial charge in [-0.1, -0.05) is 54.1 Å². The van der Waals surface area contributed by atoms with Gasteiger partial charge in [0.05, 0.1) is 17.0 Å². The monoisotopic (exact) mass is 431 g/mol. The molecular weight excluding hydrogens is 414 g/mol. The Bertz CT molecular complexity index is 1360. The first-order chi connectivity index (χ1) is 15.0. The van der Waals surface area contributed by atoms with Gasteiger partial charge in [-0.05, 0) is 47.9 Å². The predicted octanol–water partition coefficient (Wildman–Crippen LogP) is 4.94. The Morgan fingerprint density at radius 1 is 0.968 bits per heavy atom. The van der Waals surface area contributed by atoms with Crippen LogP contribution < -0.4 is 5.43 Å². The topological polar surface area (TPSA) is 70.8 Å². The van der Waals surface area contributed by atoms with Gasteiger partial charge in [-0.15, -0.1) is 0 Å². The summed E-state index contributed by atoms with van der Waals surface area (Å²) in [5, 5.41) is 10.8. The molecule has 154 valence electrons. The van der Waals surface area contributed by atoms with Gasteiger partial charge >= 0.3 is 0 Å². The number of hydrogen-bond donors (Lipinski definition) is 1. The maximum atomic E-state index is 13.4. The summed E-state index contributed by atoms with van der Waals surface area (Å²) in [6.07, 6.45) is 0.620. The number of phenols is 1. The summed E-state index contributed by atoms with van der Waals surface area (Å²) in [6, 6.07) is 20.6. The highest BCUT2D eigenvalue weighted by Gasteiger charge is 2.42. The molecule has 1 aromatic heterocycles. The third kappa shape index (κ3) is 3.37. The van der Waals surface area contributed by atoms with Crippen LogP contribution in [0.4, 0.5) is 0 Å². The van der Waals surface area contributed by atoms with Crippen molar-refractivity contribution >= 4 is 28.5 Å². The van der Waals surface area contributed by atoms with Gasteiger partial charge in [0, 0.05) is 11.6 Å². The van der Waals surface area contributed by atoms with Crippen molar-refractivity contribution in [3.63, 3.8) is 0 Å². The summed E-state index contributed by atoms with van der Waals surface area (Å²) in [4.78, 5) is 28.4. The zero-order valence-electron chi connectivity index (χ0n) is 16.4. The minimum absolute atomic E-state index is 0.0428. The highest BCUT2D eigenvalue weighted by Crippen LogP contribution is 2.39. The number of aromatic hydroxyl groups is 1. The van der Waals surface area contributed by atoms with Crippen LogP contribution in [0.3, 0.4) is 0 Å². The van der Waals surface area contributed by atoms with Crippen LogP contribution in [-0.4, -0.2) is 22.5 Å². The third-order valence-corrected chi connectivity index (χ3v) is 5.83. The maximum Gasteiger partial charge on any atom is 0.290 e. The standard InChI is InChI=1S/C25H18ClNO4/c26-17-9-10-20-19(14-17)23(29)21-22(16-7-4-8-18(28)13-16)27(25(30)24(21)31-20)12-11-15-5-2-1-3-6-15/h1-10,13-14,22,28H,11-12H2. The minimum atomic E-state index is -0.655. The van der Waals surface area contributed by atoms with E-state index >= 15 is 0 Å². The van der Waals surface area contributed by atoms with Crippen LogP contribution in [0.2, 0.25) is 5.02 Å². The molecule has 0 bridgehead atoms. The summed E-state index contributed by atoms with van der Waals surface area (Å²) in [5.74, 6) is -0.232. The molecule has 0 fully saturated rings. The van der Waals surface area contributed by atoms with E-state index in [1.807, 2.05) is 30.3 Å². The molecule has 1 atom stereocenters. The lowest BCUT2D eigenvalue weighted by Gasteiger charge is -2.25. The lowest BCUT2D eigenvalue weighted by atomic mass is 9.98. The number of carbonyl (C=O) groups is 1. The lowest BCUT2D eigenvalue weighted by molar-refractivity contribution is 0.0730. The number of amides is 1. The van der Waals surface area contributed by atoms with Gasteiger partial charge in [0.15, 0.2) is 5.43 Å². The Labute approximate surface area is 183 Å². The van der Waals surface area contributed by atoms with E-state index in [1.165, 1.54) is 0 Å². The van der Waals surface area contributed by atoms with E-state index in [4.69, 9.17) is 16.0 Å². The Hall–Kier alpha value is -3.57. The largest absolute Gasteiger partial charge is 0.508 e. The molecule has 0 saturated carbocycles. The van der Waals surface area contributed by atoms with Gasteiger partial charge in [0.1, 0.15) is 11.3 Å². The molecule has 1 N–H and O–H groups in total. The predicted molar refractivity (Wildman–Crippen MR) is 119 cm³/mol. The van der Waals surface area contributed by atoms with Crippen molar-refractivity contribution in [1.82, 2.24) is 4.90 Å². The second-order valence-corrected chi connectivity index (χ2v) is 7.98. The Morgan fingerprint density at radius 3 is 2.55 bits per heavy atom. The summed E-state index contributed by atoms with van der Waals surface area (Å²) in [5.41, 5.74) is 2.04. The van der Waals surface area contributed by atoms with Gasteiger partial charge < -0.3 is 14.4 Å². The average molecular weight is 432 g/mol. The molecule has 0 spiro atoms. The van der Waals surface area contributed by atoms with Crippen molar-refractivity contribution in [2.45, 2.75) is 12.5 Å². The van der Waals surface area contributed by atoms with E-state index in [0.717, 1.165) is 5.56 Å². The van der Waals surface area contributed by atoms with Gasteiger partial charge in [-0.3, -0.25) is 9.59 Å². The van der Waals surface area contributed by atoms with Crippen LogP contribution >= 0.6 is 11.6 Å². The van der Waals surface area contributed by atoms with Gasteiger partial charge in [-0.25, -0.2) is 0 Å². The van der Waals surface area contributed by atoms with Crippen molar-refractivity contribution in [3.05, 3.63) is 110 Å². The first-order valence-corrected chi connectivity index (χ1v) is 10.3. The van der Waals surface area contributed by atoms with Crippen molar-refractivity contribution in [3.8, 4) is 5.75 Å². The van der Waals surface area contributed by atoms with E-state index in [1.54, 1.807) is 47.4 Å². The van der Waals surface area contributed by atoms with Crippen LogP contribution in [0.15, 0.2) is 82.0 Å². The Balaban J connectivity index is 1.67. The fourth-order valence-electron chi connectivity index (χ4n) is 4.16. The van der Waals surface area contributed by atoms with E-state index in [0.29, 0.717) is 34.5 Å². The number of nitrogens with zero attached hydrogens (tertiary/aromatic N) is 1. The van der Waals surface area contributed by atoms with Crippen LogP contribution in [0, 0.1) is 0 Å². The van der Waals surface area contributed by atoms with E-state index < -0.39 is 6.04 Å². The molecule has 1 amide bonds. The molecule has 1 aliphatic heterocycles. The van der Waals surface area contributed by atoms with Gasteiger partial charge in [0.25, 0.3) is 5.91 Å². The SMILES string of the molecule is O=C1c2oc3ccc(Cl)cc3c(=O)c2C(c2cccc(O)c2)N1CCc1ccccc1. The van der Waals surface area contributed by atoms with E-state index in [2.05, 4.69) is 0 Å². The average Bonchev–Trinajstić information content (AvgIpc) is 3.05. The smallest absolute Gasteiger partial charge is 0.290 e. The molecule has 5 rings (SSSR count). The van der Waals surface area contributed by atoms with Gasteiger partial charge in [0.2, 0.25) is 5.76 Å². The number of fused-ring (bicyclic) bond motifs is 2. The minimum Gasteiger partial charge on any atom is -0.508 e. The van der Waals surface area contributed by atoms with Gasteiger partial charge in [-0.2, -0.15) is 0 Å². The van der Waals surface area contributed by atoms with Crippen LogP contribution in [0.5, 0.6) is 5.75 Å². The Morgan fingerprint density at radius 2 is 1.77 bits per heavy atom. The highest BCUT2D eigenvalue weighted by atomic mass is 35.5. The molecule has 4 aromatic rings. The van der Waals surface area contributed by atoms with Crippen LogP contribution in [0.25, 0.3) is 11.0 Å². The van der Waals surface area contributed by atoms with Crippen molar-refractivity contribution in [2.24, 2.45) is 0 Å². The van der Waals surface area contributed by atoms with Crippen molar-refractivity contribution in [1.29, 1.82) is 0 Å². The third-order valence-electron chi connectivity index (χ3n) is 5.60. The van der Waals surface area contributed by atoms with E-state index in [-0.39, 0.29) is 28.4 Å². The Kier molecular flexibility index (Phi) is 4.75. The number of hydrogen-bond acceptors (Lipinski definition) is 4. The first-order valence-electron chi connectivity index (χ1n) is 9.93. The van der Waals surface area contributed by atoms with Crippen molar-refractivity contribution in [2.75, 3.05) is 6.54 Å². The number of phenolic OH excluding ortho intramolecular Hbond substituents is 1. The molecule has 0 aliphatic carbocycles. The second-order valence-electron chi connectivity index (χ2n) is 7.55. The molecular formula is C25H18ClNO4. The summed E-state index contributed by atoms with van der Waals surface area (Å²) in [7, 11) is 0. The van der Waals surface area contributed by atoms with Crippen molar-refractivity contribution < 1.29 is 14.3 Å². The molecule has 2 heterocycles. The lowest BCUT2D eigenvalue weighted by Crippen LogP contribution is -2.31. The zero-order chi connectivity index (χ0) is 21.5. The number of rotatable bonds is 4. The van der Waals surface area contributed by atoms with E-state index in [9.17, 15) is 14.7 Å². The molecule has 5 nitrogen and oxygen atoms in total. The summed E-state index contributed by atoms with van der Waals surface area (Å²) in [6.45, 7) is 0.393. The summed E-state index contributed by atoms with van der Waals surface area (Å²) < 4.78 is 5.90. The molecule has 0 radical (unpaired) electrons. The molecule has 1 unspecified atom stereocenters. The maximum absolute atomic E-state index is 13.4. The molecule has 6 heteroatoms. The highest BCUT2D eigenvalue weighted by molar-refractivity contribution is 6.31. The molecule has 3 aromatic carbocycles. The first kappa shape index (κ1) is 19.4. The molecule has 31 heavy (non-hydrogen) atoms. The molecule has 1 aliphatic rings. The fraction of sp³-hybridized carbons (Fsp3) is 0.120. The second kappa shape index (κ2) is 7.60. The summed E-state index contributed by atoms with van der Waals surface area (Å²) >= 11 is 6.10. The van der Waals surface area contributed by atoms with Crippen LogP contribution in [0.1, 0.15) is 33.3 Å². The quantitative estimate of drug-likeness (QED) is 0.497. The number of benzene rings is 3. The number of halogens is 1. The fourth-order valence-corrected chi connectivity index (χ4v) is 4.33. The normalized spacial score (nSPS) is 15.5. The molecule has 0 saturated heterocycles.